The summed E-state index contributed by atoms with van der Waals surface area (Å²) in [5.74, 6) is 0. The Kier molecular flexibility index (Phi) is 3.60. The van der Waals surface area contributed by atoms with Crippen LogP contribution in [-0.4, -0.2) is 12.1 Å². The number of nitrogens with zero attached hydrogens (tertiary/aromatic N) is 1. The molecule has 2 aromatic rings. The van der Waals surface area contributed by atoms with E-state index in [9.17, 15) is 0 Å². The molecule has 0 amide bonds. The van der Waals surface area contributed by atoms with E-state index in [-0.39, 0.29) is 0 Å². The molecule has 2 rings (SSSR count). The van der Waals surface area contributed by atoms with Crippen molar-refractivity contribution >= 4 is 16.5 Å². The molecule has 96 valence electrons. The van der Waals surface area contributed by atoms with Gasteiger partial charge in [-0.3, -0.25) is 0 Å². The molecule has 0 aliphatic heterocycles. The van der Waals surface area contributed by atoms with Gasteiger partial charge in [0.1, 0.15) is 0 Å². The van der Waals surface area contributed by atoms with Crippen LogP contribution in [0.2, 0.25) is 0 Å². The van der Waals surface area contributed by atoms with Crippen molar-refractivity contribution in [3.63, 3.8) is 0 Å². The van der Waals surface area contributed by atoms with Crippen molar-refractivity contribution in [3.8, 4) is 0 Å². The van der Waals surface area contributed by atoms with Gasteiger partial charge in [-0.1, -0.05) is 24.3 Å². The lowest BCUT2D eigenvalue weighted by molar-refractivity contribution is 0.608. The van der Waals surface area contributed by atoms with Gasteiger partial charge in [0.05, 0.1) is 0 Å². The third-order valence-corrected chi connectivity index (χ3v) is 3.46. The van der Waals surface area contributed by atoms with Crippen molar-refractivity contribution in [2.24, 2.45) is 0 Å². The predicted molar refractivity (Wildman–Crippen MR) is 81.4 cm³/mol. The zero-order valence-electron chi connectivity index (χ0n) is 12.1. The van der Waals surface area contributed by atoms with Crippen molar-refractivity contribution in [1.29, 1.82) is 0 Å². The summed E-state index contributed by atoms with van der Waals surface area (Å²) in [6.45, 7) is 11.2. The van der Waals surface area contributed by atoms with E-state index in [0.29, 0.717) is 12.1 Å². The molecule has 0 saturated carbocycles. The standard InChI is InChI=1S/C17H23N/c1-12(2)18(13(3)4)16-10-14(5)17-9-7-6-8-15(17)11-16/h6-13H,1-5H3. The summed E-state index contributed by atoms with van der Waals surface area (Å²) in [5.41, 5.74) is 2.69. The SMILES string of the molecule is Cc1cc(N(C(C)C)C(C)C)cc2ccccc12. The summed E-state index contributed by atoms with van der Waals surface area (Å²) in [4.78, 5) is 2.47. The van der Waals surface area contributed by atoms with Crippen molar-refractivity contribution < 1.29 is 0 Å². The van der Waals surface area contributed by atoms with E-state index in [1.807, 2.05) is 0 Å². The monoisotopic (exact) mass is 241 g/mol. The third-order valence-electron chi connectivity index (χ3n) is 3.46. The molecule has 1 heteroatoms. The highest BCUT2D eigenvalue weighted by molar-refractivity contribution is 5.89. The van der Waals surface area contributed by atoms with Crippen LogP contribution in [0.5, 0.6) is 0 Å². The molecule has 0 atom stereocenters. The van der Waals surface area contributed by atoms with Gasteiger partial charge in [0.15, 0.2) is 0 Å². The Bertz CT molecular complexity index is 532. The Balaban J connectivity index is 2.58. The van der Waals surface area contributed by atoms with E-state index in [4.69, 9.17) is 0 Å². The van der Waals surface area contributed by atoms with Crippen molar-refractivity contribution in [2.45, 2.75) is 46.7 Å². The third kappa shape index (κ3) is 2.35. The smallest absolute Gasteiger partial charge is 0.0379 e. The van der Waals surface area contributed by atoms with Crippen LogP contribution in [0.15, 0.2) is 36.4 Å². The molecular weight excluding hydrogens is 218 g/mol. The Hall–Kier alpha value is -1.50. The number of rotatable bonds is 3. The normalized spacial score (nSPS) is 11.5. The quantitative estimate of drug-likeness (QED) is 0.748. The average Bonchev–Trinajstić information content (AvgIpc) is 2.28. The summed E-state index contributed by atoms with van der Waals surface area (Å²) in [6.07, 6.45) is 0. The molecule has 1 nitrogen and oxygen atoms in total. The van der Waals surface area contributed by atoms with Gasteiger partial charge < -0.3 is 4.90 Å². The van der Waals surface area contributed by atoms with Gasteiger partial charge >= 0.3 is 0 Å². The van der Waals surface area contributed by atoms with E-state index < -0.39 is 0 Å². The summed E-state index contributed by atoms with van der Waals surface area (Å²) >= 11 is 0. The van der Waals surface area contributed by atoms with Gasteiger partial charge in [0.2, 0.25) is 0 Å². The first-order valence-corrected chi connectivity index (χ1v) is 6.78. The first-order valence-electron chi connectivity index (χ1n) is 6.78. The molecule has 0 fully saturated rings. The number of hydrogen-bond donors (Lipinski definition) is 0. The molecule has 0 unspecified atom stereocenters. The number of benzene rings is 2. The van der Waals surface area contributed by atoms with Crippen molar-refractivity contribution in [2.75, 3.05) is 4.90 Å². The van der Waals surface area contributed by atoms with Crippen LogP contribution in [0.4, 0.5) is 5.69 Å². The van der Waals surface area contributed by atoms with Crippen LogP contribution in [0.25, 0.3) is 10.8 Å². The van der Waals surface area contributed by atoms with E-state index in [1.54, 1.807) is 0 Å². The minimum absolute atomic E-state index is 0.519. The van der Waals surface area contributed by atoms with Crippen molar-refractivity contribution in [1.82, 2.24) is 0 Å². The number of anilines is 1. The maximum atomic E-state index is 2.47. The second kappa shape index (κ2) is 5.01. The van der Waals surface area contributed by atoms with Crippen LogP contribution < -0.4 is 4.90 Å². The fourth-order valence-corrected chi connectivity index (χ4v) is 2.82. The lowest BCUT2D eigenvalue weighted by Gasteiger charge is -2.33. The highest BCUT2D eigenvalue weighted by Gasteiger charge is 2.15. The molecule has 0 aliphatic rings. The fraction of sp³-hybridized carbons (Fsp3) is 0.412. The molecule has 0 spiro atoms. The first kappa shape index (κ1) is 12.9. The lowest BCUT2D eigenvalue weighted by Crippen LogP contribution is -2.36. The lowest BCUT2D eigenvalue weighted by atomic mass is 10.0. The Morgan fingerprint density at radius 2 is 1.50 bits per heavy atom. The molecular formula is C17H23N. The summed E-state index contributed by atoms with van der Waals surface area (Å²) < 4.78 is 0. The summed E-state index contributed by atoms with van der Waals surface area (Å²) in [6, 6.07) is 14.3. The van der Waals surface area contributed by atoms with Crippen LogP contribution in [0.1, 0.15) is 33.3 Å². The molecule has 0 bridgehead atoms. The molecule has 0 saturated heterocycles. The molecule has 0 radical (unpaired) electrons. The summed E-state index contributed by atoms with van der Waals surface area (Å²) in [5, 5.41) is 2.69. The number of fused-ring (bicyclic) bond motifs is 1. The maximum Gasteiger partial charge on any atom is 0.0379 e. The predicted octanol–water partition coefficient (Wildman–Crippen LogP) is 4.77. The Labute approximate surface area is 110 Å². The van der Waals surface area contributed by atoms with Gasteiger partial charge in [-0.25, -0.2) is 0 Å². The molecule has 0 N–H and O–H groups in total. The molecule has 18 heavy (non-hydrogen) atoms. The van der Waals surface area contributed by atoms with Crippen LogP contribution in [0, 0.1) is 6.92 Å². The van der Waals surface area contributed by atoms with Crippen LogP contribution in [0.3, 0.4) is 0 Å². The van der Waals surface area contributed by atoms with Gasteiger partial charge in [-0.05, 0) is 63.1 Å². The molecule has 0 heterocycles. The second-order valence-electron chi connectivity index (χ2n) is 5.58. The van der Waals surface area contributed by atoms with E-state index >= 15 is 0 Å². The zero-order valence-corrected chi connectivity index (χ0v) is 12.1. The van der Waals surface area contributed by atoms with Crippen LogP contribution >= 0.6 is 0 Å². The molecule has 0 aromatic heterocycles. The van der Waals surface area contributed by atoms with Gasteiger partial charge in [-0.2, -0.15) is 0 Å². The minimum Gasteiger partial charge on any atom is -0.367 e. The van der Waals surface area contributed by atoms with E-state index in [0.717, 1.165) is 0 Å². The zero-order chi connectivity index (χ0) is 13.3. The first-order chi connectivity index (χ1) is 8.50. The topological polar surface area (TPSA) is 3.24 Å². The van der Waals surface area contributed by atoms with Gasteiger partial charge in [0.25, 0.3) is 0 Å². The minimum atomic E-state index is 0.519. The van der Waals surface area contributed by atoms with Crippen molar-refractivity contribution in [3.05, 3.63) is 42.0 Å². The fourth-order valence-electron chi connectivity index (χ4n) is 2.82. The van der Waals surface area contributed by atoms with E-state index in [2.05, 4.69) is 75.9 Å². The van der Waals surface area contributed by atoms with Crippen LogP contribution in [-0.2, 0) is 0 Å². The summed E-state index contributed by atoms with van der Waals surface area (Å²) in [7, 11) is 0. The Morgan fingerprint density at radius 1 is 0.889 bits per heavy atom. The number of hydrogen-bond acceptors (Lipinski definition) is 1. The highest BCUT2D eigenvalue weighted by Crippen LogP contribution is 2.28. The maximum absolute atomic E-state index is 2.47. The second-order valence-corrected chi connectivity index (χ2v) is 5.58. The van der Waals surface area contributed by atoms with Gasteiger partial charge in [0, 0.05) is 17.8 Å². The van der Waals surface area contributed by atoms with E-state index in [1.165, 1.54) is 22.0 Å². The van der Waals surface area contributed by atoms with Gasteiger partial charge in [-0.15, -0.1) is 0 Å². The average molecular weight is 241 g/mol. The largest absolute Gasteiger partial charge is 0.367 e. The highest BCUT2D eigenvalue weighted by atomic mass is 15.2. The number of aryl methyl sites for hydroxylation is 1. The molecule has 0 aliphatic carbocycles. The molecule has 2 aromatic carbocycles. The Morgan fingerprint density at radius 3 is 2.11 bits per heavy atom.